The third-order valence-corrected chi connectivity index (χ3v) is 8.78. The van der Waals surface area contributed by atoms with E-state index in [9.17, 15) is 19.2 Å². The fourth-order valence-electron chi connectivity index (χ4n) is 5.71. The molecular weight excluding hydrogens is 628 g/mol. The number of unbranched alkanes of at least 4 members (excludes halogenated alkanes) is 28. The van der Waals surface area contributed by atoms with Crippen LogP contribution in [0.2, 0.25) is 0 Å². The van der Waals surface area contributed by atoms with Crippen LogP contribution in [-0.2, 0) is 28.7 Å². The largest absolute Gasteiger partial charge is 0.479 e. The summed E-state index contributed by atoms with van der Waals surface area (Å²) in [6.07, 6.45) is 39.6. The minimum absolute atomic E-state index is 0.306. The zero-order valence-electron chi connectivity index (χ0n) is 31.3. The van der Waals surface area contributed by atoms with Gasteiger partial charge in [0.25, 0.3) is 5.24 Å². The van der Waals surface area contributed by atoms with Crippen LogP contribution in [0.25, 0.3) is 0 Å². The predicted molar refractivity (Wildman–Crippen MR) is 200 cm³/mol. The molecule has 8 heteroatoms. The van der Waals surface area contributed by atoms with Gasteiger partial charge in [-0.05, 0) is 24.4 Å². The van der Waals surface area contributed by atoms with Gasteiger partial charge in [-0.2, -0.15) is 0 Å². The van der Waals surface area contributed by atoms with Crippen LogP contribution in [0.15, 0.2) is 0 Å². The van der Waals surface area contributed by atoms with Gasteiger partial charge in [0.1, 0.15) is 0 Å². The Morgan fingerprint density at radius 1 is 0.396 bits per heavy atom. The summed E-state index contributed by atoms with van der Waals surface area (Å²) in [6.45, 7) is 3.70. The van der Waals surface area contributed by atoms with Crippen LogP contribution in [0.1, 0.15) is 219 Å². The minimum atomic E-state index is -1.10. The summed E-state index contributed by atoms with van der Waals surface area (Å²) in [4.78, 5) is 43.1. The maximum atomic E-state index is 11.2. The zero-order chi connectivity index (χ0) is 35.8. The number of halogens is 1. The van der Waals surface area contributed by atoms with Gasteiger partial charge in [-0.1, -0.05) is 194 Å². The molecule has 0 saturated carbocycles. The first-order valence-electron chi connectivity index (χ1n) is 20.0. The summed E-state index contributed by atoms with van der Waals surface area (Å²) in [5.41, 5.74) is 0. The molecule has 0 saturated heterocycles. The number of hydrogen-bond acceptors (Lipinski definition) is 6. The van der Waals surface area contributed by atoms with Crippen molar-refractivity contribution in [3.8, 4) is 0 Å². The Labute approximate surface area is 300 Å². The first-order chi connectivity index (χ1) is 23.3. The van der Waals surface area contributed by atoms with Crippen molar-refractivity contribution in [2.24, 2.45) is 0 Å². The summed E-state index contributed by atoms with van der Waals surface area (Å²) in [5.74, 6) is -1.81. The van der Waals surface area contributed by atoms with Crippen molar-refractivity contribution >= 4 is 34.8 Å². The van der Waals surface area contributed by atoms with Crippen LogP contribution in [0.4, 0.5) is 0 Å². The lowest BCUT2D eigenvalue weighted by Gasteiger charge is -2.04. The number of ether oxygens (including phenoxy) is 2. The van der Waals surface area contributed by atoms with Crippen LogP contribution in [-0.4, -0.2) is 41.5 Å². The van der Waals surface area contributed by atoms with E-state index in [4.69, 9.17) is 21.4 Å². The topological polar surface area (TPSA) is 107 Å². The maximum absolute atomic E-state index is 11.2. The van der Waals surface area contributed by atoms with Gasteiger partial charge in [0.2, 0.25) is 0 Å². The average molecular weight is 703 g/mol. The molecule has 0 aromatic carbocycles. The van der Waals surface area contributed by atoms with Gasteiger partial charge in [-0.3, -0.25) is 14.4 Å². The highest BCUT2D eigenvalue weighted by molar-refractivity contribution is 6.64. The van der Waals surface area contributed by atoms with Gasteiger partial charge in [0, 0.05) is 12.8 Å². The van der Waals surface area contributed by atoms with Crippen molar-refractivity contribution in [2.45, 2.75) is 219 Å². The van der Waals surface area contributed by atoms with E-state index in [1.807, 2.05) is 0 Å². The van der Waals surface area contributed by atoms with E-state index in [0.717, 1.165) is 32.1 Å². The van der Waals surface area contributed by atoms with Crippen molar-refractivity contribution in [3.63, 3.8) is 0 Å². The third-order valence-electron chi connectivity index (χ3n) is 8.67. The first-order valence-corrected chi connectivity index (χ1v) is 20.4. The van der Waals surface area contributed by atoms with Crippen LogP contribution in [0.3, 0.4) is 0 Å². The van der Waals surface area contributed by atoms with Gasteiger partial charge in [-0.15, -0.1) is 0 Å². The van der Waals surface area contributed by atoms with Gasteiger partial charge in [0.05, 0.1) is 0 Å². The molecule has 0 bridgehead atoms. The molecule has 0 aliphatic carbocycles. The van der Waals surface area contributed by atoms with Crippen LogP contribution in [0.5, 0.6) is 0 Å². The summed E-state index contributed by atoms with van der Waals surface area (Å²) < 4.78 is 9.29. The van der Waals surface area contributed by atoms with Crippen molar-refractivity contribution in [1.29, 1.82) is 0 Å². The molecule has 0 fully saturated rings. The molecule has 0 heterocycles. The zero-order valence-corrected chi connectivity index (χ0v) is 32.1. The van der Waals surface area contributed by atoms with Gasteiger partial charge >= 0.3 is 17.9 Å². The normalized spacial score (nSPS) is 10.7. The summed E-state index contributed by atoms with van der Waals surface area (Å²) in [6, 6.07) is 0. The number of carbonyl (C=O) groups is 4. The number of aliphatic carboxylic acids is 1. The highest BCUT2D eigenvalue weighted by atomic mass is 35.5. The predicted octanol–water partition coefficient (Wildman–Crippen LogP) is 12.4. The van der Waals surface area contributed by atoms with Gasteiger partial charge in [0.15, 0.2) is 13.2 Å². The minimum Gasteiger partial charge on any atom is -0.479 e. The number of rotatable bonds is 36. The van der Waals surface area contributed by atoms with Gasteiger partial charge in [-0.25, -0.2) is 4.79 Å². The molecule has 0 aromatic heterocycles. The molecule has 7 nitrogen and oxygen atoms in total. The highest BCUT2D eigenvalue weighted by Gasteiger charge is 2.06. The summed E-state index contributed by atoms with van der Waals surface area (Å²) in [5, 5.41) is 7.76. The molecule has 48 heavy (non-hydrogen) atoms. The van der Waals surface area contributed by atoms with Crippen LogP contribution >= 0.6 is 11.6 Å². The summed E-state index contributed by atoms with van der Waals surface area (Å²) >= 11 is 5.10. The van der Waals surface area contributed by atoms with Crippen molar-refractivity contribution in [2.75, 3.05) is 13.2 Å². The second kappa shape index (κ2) is 41.5. The lowest BCUT2D eigenvalue weighted by molar-refractivity contribution is -0.155. The first kappa shape index (κ1) is 48.5. The van der Waals surface area contributed by atoms with Crippen molar-refractivity contribution < 1.29 is 33.8 Å². The lowest BCUT2D eigenvalue weighted by atomic mass is 10.0. The molecule has 0 aliphatic rings. The molecule has 0 unspecified atom stereocenters. The van der Waals surface area contributed by atoms with E-state index in [0.29, 0.717) is 12.8 Å². The Morgan fingerprint density at radius 3 is 0.854 bits per heavy atom. The average Bonchev–Trinajstić information content (AvgIpc) is 3.06. The van der Waals surface area contributed by atoms with Crippen LogP contribution in [0, 0.1) is 0 Å². The lowest BCUT2D eigenvalue weighted by Crippen LogP contribution is -2.12. The fourth-order valence-corrected chi connectivity index (χ4v) is 5.76. The molecule has 0 spiro atoms. The van der Waals surface area contributed by atoms with E-state index in [1.54, 1.807) is 0 Å². The summed E-state index contributed by atoms with van der Waals surface area (Å²) in [7, 11) is 0. The Hall–Kier alpha value is -1.63. The highest BCUT2D eigenvalue weighted by Crippen LogP contribution is 2.15. The SMILES string of the molecule is CCCCCCCCCCCCCCCCCC(=O)OCC(=O)Cl.CCCCCCCCCCCCCCCCCC(=O)OCC(=O)O. The van der Waals surface area contributed by atoms with E-state index >= 15 is 0 Å². The fraction of sp³-hybridized carbons (Fsp3) is 0.900. The third kappa shape index (κ3) is 46.5. The molecular formula is C40H75ClO7. The smallest absolute Gasteiger partial charge is 0.341 e. The molecule has 0 rings (SSSR count). The Morgan fingerprint density at radius 2 is 0.625 bits per heavy atom. The standard InChI is InChI=1S/C20H37ClO3.C20H38O4/c2*1-2-3-4-5-6-7-8-9-10-11-12-13-14-15-16-17-20(23)24-18-19(21)22/h2-18H2,1H3;2-18H2,1H3,(H,21,22). The maximum Gasteiger partial charge on any atom is 0.341 e. The number of carbonyl (C=O) groups excluding carboxylic acids is 3. The van der Waals surface area contributed by atoms with Gasteiger partial charge < -0.3 is 14.6 Å². The van der Waals surface area contributed by atoms with Crippen LogP contribution < -0.4 is 0 Å². The molecule has 0 radical (unpaired) electrons. The molecule has 0 atom stereocenters. The molecule has 284 valence electrons. The Balaban J connectivity index is 0. The Kier molecular flexibility index (Phi) is 42.0. The van der Waals surface area contributed by atoms with E-state index < -0.39 is 23.8 Å². The molecule has 1 N–H and O–H groups in total. The molecule has 0 aliphatic heterocycles. The Bertz CT molecular complexity index is 668. The molecule has 0 amide bonds. The number of esters is 2. The second-order valence-corrected chi connectivity index (χ2v) is 13.9. The van der Waals surface area contributed by atoms with E-state index in [1.165, 1.54) is 161 Å². The quantitative estimate of drug-likeness (QED) is 0.0393. The van der Waals surface area contributed by atoms with E-state index in [-0.39, 0.29) is 12.6 Å². The second-order valence-electron chi connectivity index (χ2n) is 13.5. The molecule has 0 aromatic rings. The van der Waals surface area contributed by atoms with Crippen molar-refractivity contribution in [3.05, 3.63) is 0 Å². The number of carboxylic acid groups (broad SMARTS) is 1. The van der Waals surface area contributed by atoms with Crippen molar-refractivity contribution in [1.82, 2.24) is 0 Å². The van der Waals surface area contributed by atoms with E-state index in [2.05, 4.69) is 18.6 Å². The number of hydrogen-bond donors (Lipinski definition) is 1. The number of carboxylic acids is 1. The monoisotopic (exact) mass is 703 g/mol.